The largest absolute Gasteiger partial charge is 0.313 e. The van der Waals surface area contributed by atoms with Crippen LogP contribution in [-0.4, -0.2) is 24.5 Å². The van der Waals surface area contributed by atoms with Gasteiger partial charge in [-0.1, -0.05) is 31.2 Å². The van der Waals surface area contributed by atoms with Crippen LogP contribution in [0.3, 0.4) is 0 Å². The summed E-state index contributed by atoms with van der Waals surface area (Å²) in [7, 11) is 2.24. The number of nitrogens with zero attached hydrogens (tertiary/aromatic N) is 1. The van der Waals surface area contributed by atoms with Gasteiger partial charge in [0.1, 0.15) is 0 Å². The molecule has 2 heteroatoms. The van der Waals surface area contributed by atoms with Crippen LogP contribution in [0.5, 0.6) is 0 Å². The third-order valence-electron chi connectivity index (χ3n) is 3.45. The normalized spacial score (nSPS) is 15.5. The minimum absolute atomic E-state index is 0.839. The number of benzene rings is 1. The van der Waals surface area contributed by atoms with E-state index in [4.69, 9.17) is 0 Å². The molecule has 1 N–H and O–H groups in total. The molecule has 0 heterocycles. The molecule has 17 heavy (non-hydrogen) atoms. The van der Waals surface area contributed by atoms with Gasteiger partial charge in [0.2, 0.25) is 0 Å². The van der Waals surface area contributed by atoms with Crippen molar-refractivity contribution in [1.82, 2.24) is 10.2 Å². The Morgan fingerprint density at radius 2 is 1.94 bits per heavy atom. The maximum atomic E-state index is 3.49. The van der Waals surface area contributed by atoms with Gasteiger partial charge in [0, 0.05) is 19.1 Å². The number of hydrogen-bond donors (Lipinski definition) is 1. The molecule has 1 aromatic carbocycles. The number of nitrogens with one attached hydrogen (secondary N) is 1. The van der Waals surface area contributed by atoms with Gasteiger partial charge in [-0.05, 0) is 44.0 Å². The van der Waals surface area contributed by atoms with Crippen molar-refractivity contribution in [1.29, 1.82) is 0 Å². The Labute approximate surface area is 105 Å². The Morgan fingerprint density at radius 1 is 1.24 bits per heavy atom. The van der Waals surface area contributed by atoms with Gasteiger partial charge in [-0.3, -0.25) is 4.90 Å². The third kappa shape index (κ3) is 3.83. The van der Waals surface area contributed by atoms with E-state index in [9.17, 15) is 0 Å². The second-order valence-corrected chi connectivity index (χ2v) is 5.09. The molecule has 1 aromatic rings. The van der Waals surface area contributed by atoms with Crippen molar-refractivity contribution in [3.63, 3.8) is 0 Å². The zero-order valence-electron chi connectivity index (χ0n) is 11.1. The summed E-state index contributed by atoms with van der Waals surface area (Å²) in [6.07, 6.45) is 3.96. The summed E-state index contributed by atoms with van der Waals surface area (Å²) in [4.78, 5) is 2.48. The molecule has 1 aliphatic rings. The molecule has 94 valence electrons. The Kier molecular flexibility index (Phi) is 4.57. The Bertz CT molecular complexity index is 345. The van der Waals surface area contributed by atoms with Gasteiger partial charge < -0.3 is 5.32 Å². The average Bonchev–Trinajstić information content (AvgIpc) is 3.15. The second-order valence-electron chi connectivity index (χ2n) is 5.09. The van der Waals surface area contributed by atoms with Gasteiger partial charge in [0.05, 0.1) is 0 Å². The predicted octanol–water partition coefficient (Wildman–Crippen LogP) is 2.78. The van der Waals surface area contributed by atoms with Crippen LogP contribution in [0, 0.1) is 0 Å². The molecule has 0 bridgehead atoms. The predicted molar refractivity (Wildman–Crippen MR) is 72.9 cm³/mol. The fraction of sp³-hybridized carbons (Fsp3) is 0.600. The molecule has 0 atom stereocenters. The summed E-state index contributed by atoms with van der Waals surface area (Å²) >= 11 is 0. The van der Waals surface area contributed by atoms with Crippen LogP contribution in [0.1, 0.15) is 37.3 Å². The van der Waals surface area contributed by atoms with E-state index in [0.717, 1.165) is 25.7 Å². The molecule has 2 nitrogen and oxygen atoms in total. The minimum atomic E-state index is 0.839. The molecule has 0 spiro atoms. The summed E-state index contributed by atoms with van der Waals surface area (Å²) in [5.74, 6) is 0. The summed E-state index contributed by atoms with van der Waals surface area (Å²) in [5.41, 5.74) is 2.93. The molecule has 0 aromatic heterocycles. The SMILES string of the molecule is CCCNCc1ccccc1CN(C)C1CC1. The number of rotatable bonds is 7. The Hall–Kier alpha value is -0.860. The van der Waals surface area contributed by atoms with Crippen LogP contribution < -0.4 is 5.32 Å². The van der Waals surface area contributed by atoms with Crippen LogP contribution >= 0.6 is 0 Å². The minimum Gasteiger partial charge on any atom is -0.313 e. The first-order chi connectivity index (χ1) is 8.31. The summed E-state index contributed by atoms with van der Waals surface area (Å²) in [5, 5.41) is 3.49. The maximum absolute atomic E-state index is 3.49. The molecule has 0 amide bonds. The highest BCUT2D eigenvalue weighted by Gasteiger charge is 2.26. The Morgan fingerprint density at radius 3 is 2.59 bits per heavy atom. The summed E-state index contributed by atoms with van der Waals surface area (Å²) < 4.78 is 0. The van der Waals surface area contributed by atoms with Crippen molar-refractivity contribution < 1.29 is 0 Å². The van der Waals surface area contributed by atoms with E-state index in [1.807, 2.05) is 0 Å². The smallest absolute Gasteiger partial charge is 0.0236 e. The van der Waals surface area contributed by atoms with E-state index in [2.05, 4.69) is 48.5 Å². The lowest BCUT2D eigenvalue weighted by Gasteiger charge is -2.18. The first-order valence-electron chi connectivity index (χ1n) is 6.79. The topological polar surface area (TPSA) is 15.3 Å². The highest BCUT2D eigenvalue weighted by atomic mass is 15.1. The van der Waals surface area contributed by atoms with Crippen LogP contribution in [0.4, 0.5) is 0 Å². The Balaban J connectivity index is 1.94. The monoisotopic (exact) mass is 232 g/mol. The summed E-state index contributed by atoms with van der Waals surface area (Å²) in [6, 6.07) is 9.65. The molecular formula is C15H24N2. The average molecular weight is 232 g/mol. The lowest BCUT2D eigenvalue weighted by molar-refractivity contribution is 0.315. The first kappa shape index (κ1) is 12.6. The van der Waals surface area contributed by atoms with E-state index in [1.54, 1.807) is 0 Å². The zero-order chi connectivity index (χ0) is 12.1. The van der Waals surface area contributed by atoms with E-state index in [-0.39, 0.29) is 0 Å². The second kappa shape index (κ2) is 6.18. The molecule has 1 aliphatic carbocycles. The number of hydrogen-bond acceptors (Lipinski definition) is 2. The van der Waals surface area contributed by atoms with Crippen LogP contribution in [0.25, 0.3) is 0 Å². The van der Waals surface area contributed by atoms with E-state index < -0.39 is 0 Å². The first-order valence-corrected chi connectivity index (χ1v) is 6.79. The van der Waals surface area contributed by atoms with Crippen molar-refractivity contribution >= 4 is 0 Å². The maximum Gasteiger partial charge on any atom is 0.0236 e. The third-order valence-corrected chi connectivity index (χ3v) is 3.45. The van der Waals surface area contributed by atoms with Crippen molar-refractivity contribution in [3.05, 3.63) is 35.4 Å². The van der Waals surface area contributed by atoms with Gasteiger partial charge in [-0.2, -0.15) is 0 Å². The molecule has 1 saturated carbocycles. The van der Waals surface area contributed by atoms with Gasteiger partial charge in [0.25, 0.3) is 0 Å². The molecular weight excluding hydrogens is 208 g/mol. The van der Waals surface area contributed by atoms with Crippen LogP contribution in [0.15, 0.2) is 24.3 Å². The molecule has 1 fully saturated rings. The van der Waals surface area contributed by atoms with Gasteiger partial charge in [-0.25, -0.2) is 0 Å². The molecule has 0 saturated heterocycles. The van der Waals surface area contributed by atoms with E-state index >= 15 is 0 Å². The fourth-order valence-electron chi connectivity index (χ4n) is 2.20. The molecule has 0 aliphatic heterocycles. The van der Waals surface area contributed by atoms with Gasteiger partial charge in [0.15, 0.2) is 0 Å². The standard InChI is InChI=1S/C15H24N2/c1-3-10-16-11-13-6-4-5-7-14(13)12-17(2)15-8-9-15/h4-7,15-16H,3,8-12H2,1-2H3. The highest BCUT2D eigenvalue weighted by molar-refractivity contribution is 5.27. The van der Waals surface area contributed by atoms with Crippen molar-refractivity contribution in [2.24, 2.45) is 0 Å². The van der Waals surface area contributed by atoms with Crippen molar-refractivity contribution in [2.75, 3.05) is 13.6 Å². The van der Waals surface area contributed by atoms with Crippen LogP contribution in [0.2, 0.25) is 0 Å². The molecule has 0 unspecified atom stereocenters. The lowest BCUT2D eigenvalue weighted by atomic mass is 10.1. The van der Waals surface area contributed by atoms with Crippen LogP contribution in [-0.2, 0) is 13.1 Å². The quantitative estimate of drug-likeness (QED) is 0.727. The molecule has 2 rings (SSSR count). The van der Waals surface area contributed by atoms with Crippen molar-refractivity contribution in [2.45, 2.75) is 45.3 Å². The van der Waals surface area contributed by atoms with E-state index in [1.165, 1.54) is 30.4 Å². The lowest BCUT2D eigenvalue weighted by Crippen LogP contribution is -2.22. The van der Waals surface area contributed by atoms with E-state index in [0.29, 0.717) is 0 Å². The highest BCUT2D eigenvalue weighted by Crippen LogP contribution is 2.27. The fourth-order valence-corrected chi connectivity index (χ4v) is 2.20. The summed E-state index contributed by atoms with van der Waals surface area (Å²) in [6.45, 7) is 5.41. The van der Waals surface area contributed by atoms with Crippen molar-refractivity contribution in [3.8, 4) is 0 Å². The zero-order valence-corrected chi connectivity index (χ0v) is 11.1. The van der Waals surface area contributed by atoms with Gasteiger partial charge in [-0.15, -0.1) is 0 Å². The van der Waals surface area contributed by atoms with Gasteiger partial charge >= 0.3 is 0 Å². The molecule has 0 radical (unpaired) electrons.